The van der Waals surface area contributed by atoms with E-state index in [2.05, 4.69) is 10.3 Å². The Morgan fingerprint density at radius 3 is 2.08 bits per heavy atom. The van der Waals surface area contributed by atoms with E-state index in [-0.39, 0.29) is 13.0 Å². The zero-order valence-corrected chi connectivity index (χ0v) is 20.4. The molecule has 3 N–H and O–H groups in total. The van der Waals surface area contributed by atoms with Crippen molar-refractivity contribution < 1.29 is 19.7 Å². The number of ether oxygens (including phenoxy) is 2. The molecule has 37 heavy (non-hydrogen) atoms. The first-order chi connectivity index (χ1) is 18.0. The van der Waals surface area contributed by atoms with Gasteiger partial charge in [-0.3, -0.25) is 4.57 Å². The molecule has 0 amide bonds. The lowest BCUT2D eigenvalue weighted by molar-refractivity contribution is -0.0458. The molecular formula is C29H29N3O5. The summed E-state index contributed by atoms with van der Waals surface area (Å²) in [6.07, 6.45) is -0.476. The van der Waals surface area contributed by atoms with Gasteiger partial charge in [0.05, 0.1) is 19.8 Å². The average molecular weight is 500 g/mol. The van der Waals surface area contributed by atoms with Crippen molar-refractivity contribution in [1.29, 1.82) is 0 Å². The lowest BCUT2D eigenvalue weighted by atomic mass is 9.77. The van der Waals surface area contributed by atoms with Crippen LogP contribution in [-0.4, -0.2) is 45.7 Å². The van der Waals surface area contributed by atoms with Crippen LogP contribution >= 0.6 is 0 Å². The fraction of sp³-hybridized carbons (Fsp3) is 0.241. The van der Waals surface area contributed by atoms with Crippen LogP contribution in [0.2, 0.25) is 0 Å². The number of nitrogens with zero attached hydrogens (tertiary/aromatic N) is 2. The Morgan fingerprint density at radius 2 is 1.57 bits per heavy atom. The number of hydrogen-bond acceptors (Lipinski definition) is 7. The third kappa shape index (κ3) is 4.74. The van der Waals surface area contributed by atoms with E-state index in [0.717, 1.165) is 22.4 Å². The molecule has 1 saturated heterocycles. The van der Waals surface area contributed by atoms with Crippen molar-refractivity contribution in [3.05, 3.63) is 124 Å². The van der Waals surface area contributed by atoms with Gasteiger partial charge in [0.1, 0.15) is 29.4 Å². The lowest BCUT2D eigenvalue weighted by Gasteiger charge is -2.37. The first kappa shape index (κ1) is 24.7. The Kier molecular flexibility index (Phi) is 7.05. The van der Waals surface area contributed by atoms with Crippen LogP contribution in [0.25, 0.3) is 0 Å². The largest absolute Gasteiger partial charge is 0.497 e. The maximum Gasteiger partial charge on any atom is 0.351 e. The second-order valence-electron chi connectivity index (χ2n) is 8.95. The van der Waals surface area contributed by atoms with Gasteiger partial charge in [0.2, 0.25) is 0 Å². The molecule has 0 aliphatic carbocycles. The van der Waals surface area contributed by atoms with E-state index >= 15 is 0 Å². The van der Waals surface area contributed by atoms with Crippen LogP contribution in [0.3, 0.4) is 0 Å². The van der Waals surface area contributed by atoms with Gasteiger partial charge in [-0.25, -0.2) is 4.79 Å². The maximum absolute atomic E-state index is 13.1. The summed E-state index contributed by atoms with van der Waals surface area (Å²) in [5.41, 5.74) is 1.47. The summed E-state index contributed by atoms with van der Waals surface area (Å²) in [7, 11) is 1.63. The van der Waals surface area contributed by atoms with Crippen LogP contribution in [0.5, 0.6) is 5.75 Å². The van der Waals surface area contributed by atoms with Crippen molar-refractivity contribution >= 4 is 5.82 Å². The second-order valence-corrected chi connectivity index (χ2v) is 8.95. The predicted molar refractivity (Wildman–Crippen MR) is 139 cm³/mol. The highest BCUT2D eigenvalue weighted by molar-refractivity contribution is 5.58. The van der Waals surface area contributed by atoms with Crippen molar-refractivity contribution in [1.82, 2.24) is 9.55 Å². The summed E-state index contributed by atoms with van der Waals surface area (Å²) in [6, 6.07) is 29.5. The summed E-state index contributed by atoms with van der Waals surface area (Å²) < 4.78 is 12.4. The van der Waals surface area contributed by atoms with Crippen LogP contribution < -0.4 is 15.7 Å². The SMILES string of the molecule is COc1ccc(C(Nc2ccn([C@@H]3C[C@H](O)[C@H](CO)O3)c(=O)n2)(c2ccccc2)c2ccccc2)cc1. The molecule has 1 aliphatic heterocycles. The van der Waals surface area contributed by atoms with E-state index in [0.29, 0.717) is 5.82 Å². The topological polar surface area (TPSA) is 106 Å². The molecule has 1 aromatic heterocycles. The Hall–Kier alpha value is -3.98. The molecule has 190 valence electrons. The minimum atomic E-state index is -0.873. The van der Waals surface area contributed by atoms with Crippen LogP contribution in [-0.2, 0) is 10.3 Å². The molecule has 8 heteroatoms. The zero-order chi connectivity index (χ0) is 25.8. The van der Waals surface area contributed by atoms with Gasteiger partial charge < -0.3 is 25.0 Å². The van der Waals surface area contributed by atoms with Gasteiger partial charge in [-0.05, 0) is 34.9 Å². The number of benzene rings is 3. The molecule has 1 fully saturated rings. The maximum atomic E-state index is 13.1. The van der Waals surface area contributed by atoms with E-state index in [4.69, 9.17) is 9.47 Å². The Balaban J connectivity index is 1.61. The first-order valence-electron chi connectivity index (χ1n) is 12.1. The van der Waals surface area contributed by atoms with Crippen molar-refractivity contribution in [2.45, 2.75) is 30.4 Å². The van der Waals surface area contributed by atoms with Crippen LogP contribution in [0.4, 0.5) is 5.82 Å². The van der Waals surface area contributed by atoms with E-state index in [1.165, 1.54) is 4.57 Å². The van der Waals surface area contributed by atoms with Gasteiger partial charge in [-0.2, -0.15) is 4.98 Å². The molecule has 8 nitrogen and oxygen atoms in total. The minimum Gasteiger partial charge on any atom is -0.497 e. The van der Waals surface area contributed by atoms with Crippen LogP contribution in [0, 0.1) is 0 Å². The fourth-order valence-corrected chi connectivity index (χ4v) is 4.88. The summed E-state index contributed by atoms with van der Waals surface area (Å²) >= 11 is 0. The molecule has 5 rings (SSSR count). The minimum absolute atomic E-state index is 0.198. The van der Waals surface area contributed by atoms with E-state index in [1.807, 2.05) is 84.9 Å². The molecule has 3 aromatic carbocycles. The van der Waals surface area contributed by atoms with Crippen LogP contribution in [0.1, 0.15) is 29.3 Å². The van der Waals surface area contributed by atoms with Gasteiger partial charge in [0, 0.05) is 12.6 Å². The number of aliphatic hydroxyl groups excluding tert-OH is 2. The first-order valence-corrected chi connectivity index (χ1v) is 12.1. The molecule has 0 unspecified atom stereocenters. The van der Waals surface area contributed by atoms with E-state index < -0.39 is 29.7 Å². The molecule has 0 radical (unpaired) electrons. The molecule has 4 aromatic rings. The van der Waals surface area contributed by atoms with E-state index in [1.54, 1.807) is 19.4 Å². The quantitative estimate of drug-likeness (QED) is 0.320. The highest BCUT2D eigenvalue weighted by atomic mass is 16.5. The van der Waals surface area contributed by atoms with Crippen LogP contribution in [0.15, 0.2) is 102 Å². The Bertz CT molecular complexity index is 1340. The number of aromatic nitrogens is 2. The molecular weight excluding hydrogens is 470 g/mol. The summed E-state index contributed by atoms with van der Waals surface area (Å²) in [6.45, 7) is -0.321. The van der Waals surface area contributed by atoms with Gasteiger partial charge in [0.15, 0.2) is 0 Å². The molecule has 1 aliphatic rings. The Morgan fingerprint density at radius 1 is 0.973 bits per heavy atom. The van der Waals surface area contributed by atoms with Gasteiger partial charge in [-0.1, -0.05) is 72.8 Å². The van der Waals surface area contributed by atoms with Crippen molar-refractivity contribution in [2.75, 3.05) is 19.0 Å². The number of nitrogens with one attached hydrogen (secondary N) is 1. The Labute approximate surface area is 214 Å². The summed E-state index contributed by atoms with van der Waals surface area (Å²) in [5.74, 6) is 1.11. The van der Waals surface area contributed by atoms with Gasteiger partial charge >= 0.3 is 5.69 Å². The lowest BCUT2D eigenvalue weighted by Crippen LogP contribution is -2.39. The zero-order valence-electron chi connectivity index (χ0n) is 20.4. The third-order valence-corrected chi connectivity index (χ3v) is 6.78. The summed E-state index contributed by atoms with van der Waals surface area (Å²) in [5, 5.41) is 23.1. The molecule has 2 heterocycles. The smallest absolute Gasteiger partial charge is 0.351 e. The number of aliphatic hydroxyl groups is 2. The average Bonchev–Trinajstić information content (AvgIpc) is 3.33. The van der Waals surface area contributed by atoms with Crippen molar-refractivity contribution in [3.8, 4) is 5.75 Å². The highest BCUT2D eigenvalue weighted by Crippen LogP contribution is 2.40. The predicted octanol–water partition coefficient (Wildman–Crippen LogP) is 3.30. The van der Waals surface area contributed by atoms with Gasteiger partial charge in [-0.15, -0.1) is 0 Å². The number of rotatable bonds is 8. The monoisotopic (exact) mass is 499 g/mol. The fourth-order valence-electron chi connectivity index (χ4n) is 4.88. The molecule has 0 spiro atoms. The number of anilines is 1. The summed E-state index contributed by atoms with van der Waals surface area (Å²) in [4.78, 5) is 17.4. The number of hydrogen-bond donors (Lipinski definition) is 3. The van der Waals surface area contributed by atoms with Gasteiger partial charge in [0.25, 0.3) is 0 Å². The number of methoxy groups -OCH3 is 1. The molecule has 0 bridgehead atoms. The van der Waals surface area contributed by atoms with E-state index in [9.17, 15) is 15.0 Å². The second kappa shape index (κ2) is 10.6. The standard InChI is InChI=1S/C29H29N3O5/c1-36-23-14-12-22(13-15-23)29(20-8-4-2-5-9-20,21-10-6-3-7-11-21)31-26-16-17-32(28(35)30-26)27-18-24(34)25(19-33)37-27/h2-17,24-25,27,33-34H,18-19H2,1H3,(H,30,31,35)/t24-,25-,27-/m0/s1. The van der Waals surface area contributed by atoms with Crippen molar-refractivity contribution in [3.63, 3.8) is 0 Å². The molecule has 3 atom stereocenters. The normalized spacial score (nSPS) is 19.5. The third-order valence-electron chi connectivity index (χ3n) is 6.78. The highest BCUT2D eigenvalue weighted by Gasteiger charge is 2.38. The molecule has 0 saturated carbocycles. The van der Waals surface area contributed by atoms with Crippen molar-refractivity contribution in [2.24, 2.45) is 0 Å².